The molecule has 0 spiro atoms. The lowest BCUT2D eigenvalue weighted by Gasteiger charge is -2.29. The van der Waals surface area contributed by atoms with Crippen LogP contribution in [0.25, 0.3) is 11.5 Å². The molecule has 0 saturated heterocycles. The summed E-state index contributed by atoms with van der Waals surface area (Å²) in [6, 6.07) is 14.0. The van der Waals surface area contributed by atoms with E-state index in [0.717, 1.165) is 0 Å². The Morgan fingerprint density at radius 2 is 0.917 bits per heavy atom. The van der Waals surface area contributed by atoms with E-state index in [4.69, 9.17) is 8.85 Å². The number of benzene rings is 2. The summed E-state index contributed by atoms with van der Waals surface area (Å²) in [5.74, 6) is 0.0588. The van der Waals surface area contributed by atoms with Gasteiger partial charge in [-0.05, 0) is 0 Å². The van der Waals surface area contributed by atoms with Crippen molar-refractivity contribution >= 4 is 44.1 Å². The van der Waals surface area contributed by atoms with E-state index in [9.17, 15) is 9.59 Å². The van der Waals surface area contributed by atoms with Crippen molar-refractivity contribution in [3.05, 3.63) is 81.9 Å². The van der Waals surface area contributed by atoms with Crippen LogP contribution < -0.4 is 0 Å². The zero-order chi connectivity index (χ0) is 16.8. The molecule has 6 heteroatoms. The molecule has 0 bridgehead atoms. The van der Waals surface area contributed by atoms with E-state index in [1.807, 2.05) is 0 Å². The van der Waals surface area contributed by atoms with Gasteiger partial charge in [-0.15, -0.1) is 0 Å². The largest absolute Gasteiger partial charge is 0.540 e. The molecule has 4 nitrogen and oxygen atoms in total. The van der Waals surface area contributed by atoms with Gasteiger partial charge >= 0.3 is 21.0 Å². The van der Waals surface area contributed by atoms with Crippen LogP contribution in [0.5, 0.6) is 0 Å². The summed E-state index contributed by atoms with van der Waals surface area (Å²) < 4.78 is 10.6. The topological polar surface area (TPSA) is 52.6 Å². The molecule has 24 heavy (non-hydrogen) atoms. The molecule has 0 heterocycles. The lowest BCUT2D eigenvalue weighted by Crippen LogP contribution is -2.27. The number of carbonyl (C=O) groups excluding carboxylic acids is 2. The molecule has 2 aliphatic rings. The Balaban J connectivity index is 2.16. The first-order chi connectivity index (χ1) is 11.7. The Labute approximate surface area is 144 Å². The van der Waals surface area contributed by atoms with E-state index in [0.29, 0.717) is 33.8 Å². The number of allylic oxidation sites excluding steroid dienone is 2. The highest BCUT2D eigenvalue weighted by Gasteiger charge is 2.41. The predicted molar refractivity (Wildman–Crippen MR) is 89.1 cm³/mol. The van der Waals surface area contributed by atoms with Gasteiger partial charge in [0.25, 0.3) is 0 Å². The van der Waals surface area contributed by atoms with Crippen LogP contribution >= 0.6 is 0 Å². The van der Waals surface area contributed by atoms with Gasteiger partial charge in [-0.2, -0.15) is 0 Å². The summed E-state index contributed by atoms with van der Waals surface area (Å²) in [4.78, 5) is 26.0. The second-order valence-corrected chi connectivity index (χ2v) is 5.77. The fourth-order valence-electron chi connectivity index (χ4n) is 3.17. The van der Waals surface area contributed by atoms with Crippen molar-refractivity contribution in [2.45, 2.75) is 0 Å². The van der Waals surface area contributed by atoms with E-state index < -0.39 is 0 Å². The van der Waals surface area contributed by atoms with Gasteiger partial charge in [-0.1, -0.05) is 48.5 Å². The fourth-order valence-corrected chi connectivity index (χ4v) is 3.59. The maximum atomic E-state index is 13.0. The van der Waals surface area contributed by atoms with Crippen molar-refractivity contribution in [3.8, 4) is 0 Å². The molecule has 2 aromatic carbocycles. The van der Waals surface area contributed by atoms with Crippen LogP contribution in [0, 0.1) is 0 Å². The van der Waals surface area contributed by atoms with Gasteiger partial charge in [0.1, 0.15) is 11.5 Å². The highest BCUT2D eigenvalue weighted by Crippen LogP contribution is 2.43. The number of hydrogen-bond donors (Lipinski definition) is 0. The van der Waals surface area contributed by atoms with Crippen LogP contribution in [0.15, 0.2) is 59.7 Å². The average molecular weight is 344 g/mol. The fraction of sp³-hybridized carbons (Fsp3) is 0. The van der Waals surface area contributed by atoms with Crippen molar-refractivity contribution in [2.24, 2.45) is 0 Å². The van der Waals surface area contributed by atoms with Crippen LogP contribution in [0.3, 0.4) is 0 Å². The molecule has 0 atom stereocenters. The van der Waals surface area contributed by atoms with Gasteiger partial charge in [0.2, 0.25) is 0 Å². The smallest absolute Gasteiger partial charge is 0.341 e. The third-order valence-corrected chi connectivity index (χ3v) is 4.60. The summed E-state index contributed by atoms with van der Waals surface area (Å²) >= 11 is 0. The van der Waals surface area contributed by atoms with Crippen molar-refractivity contribution < 1.29 is 18.4 Å². The molecule has 0 fully saturated rings. The Morgan fingerprint density at radius 1 is 0.583 bits per heavy atom. The number of ketones is 2. The van der Waals surface area contributed by atoms with Crippen molar-refractivity contribution in [3.63, 3.8) is 0 Å². The Hall–Kier alpha value is -2.71. The molecule has 6 radical (unpaired) electrons. The van der Waals surface area contributed by atoms with Crippen LogP contribution in [0.2, 0.25) is 0 Å². The van der Waals surface area contributed by atoms with Gasteiger partial charge in [-0.3, -0.25) is 9.59 Å². The third kappa shape index (κ3) is 1.84. The molecular weight excluding hydrogens is 336 g/mol. The number of hydrogen-bond acceptors (Lipinski definition) is 4. The Kier molecular flexibility index (Phi) is 3.36. The van der Waals surface area contributed by atoms with Crippen molar-refractivity contribution in [1.82, 2.24) is 0 Å². The summed E-state index contributed by atoms with van der Waals surface area (Å²) in [6.07, 6.45) is 0. The van der Waals surface area contributed by atoms with Crippen molar-refractivity contribution in [2.75, 3.05) is 0 Å². The van der Waals surface area contributed by atoms with E-state index in [-0.39, 0.29) is 22.7 Å². The van der Waals surface area contributed by atoms with Gasteiger partial charge in [-0.25, -0.2) is 0 Å². The maximum absolute atomic E-state index is 13.0. The van der Waals surface area contributed by atoms with Crippen molar-refractivity contribution in [1.29, 1.82) is 0 Å². The SMILES string of the molecule is O=C1C2=C(O[Si])c3ccccc3C(=O)C2=C(O[Si])c2ccccc21. The van der Waals surface area contributed by atoms with E-state index >= 15 is 0 Å². The number of Topliss-reactive ketones (excluding diaryl/α,β-unsaturated/α-hetero) is 2. The minimum atomic E-state index is -0.274. The number of fused-ring (bicyclic) bond motifs is 3. The van der Waals surface area contributed by atoms with E-state index in [2.05, 4.69) is 21.0 Å². The molecule has 0 aromatic heterocycles. The maximum Gasteiger partial charge on any atom is 0.341 e. The lowest BCUT2D eigenvalue weighted by molar-refractivity contribution is 0.0989. The summed E-state index contributed by atoms with van der Waals surface area (Å²) in [7, 11) is 6.06. The zero-order valence-corrected chi connectivity index (χ0v) is 14.3. The van der Waals surface area contributed by atoms with E-state index in [1.165, 1.54) is 0 Å². The Morgan fingerprint density at radius 3 is 1.25 bits per heavy atom. The molecular formula is C18H8O4Si2. The van der Waals surface area contributed by atoms with Gasteiger partial charge in [0.05, 0.1) is 11.1 Å². The summed E-state index contributed by atoms with van der Waals surface area (Å²) in [5.41, 5.74) is 2.44. The van der Waals surface area contributed by atoms with Gasteiger partial charge < -0.3 is 8.85 Å². The molecule has 0 aliphatic heterocycles. The molecule has 112 valence electrons. The van der Waals surface area contributed by atoms with Crippen LogP contribution in [0.1, 0.15) is 31.8 Å². The predicted octanol–water partition coefficient (Wildman–Crippen LogP) is 2.40. The Bertz CT molecular complexity index is 893. The van der Waals surface area contributed by atoms with Gasteiger partial charge in [0, 0.05) is 22.3 Å². The highest BCUT2D eigenvalue weighted by molar-refractivity contribution is 6.34. The van der Waals surface area contributed by atoms with Crippen LogP contribution in [-0.4, -0.2) is 32.5 Å². The minimum absolute atomic E-state index is 0.195. The molecule has 0 saturated carbocycles. The third-order valence-electron chi connectivity index (χ3n) is 4.20. The second-order valence-electron chi connectivity index (χ2n) is 5.36. The molecule has 4 rings (SSSR count). The molecule has 0 unspecified atom stereocenters. The second kappa shape index (κ2) is 5.43. The monoisotopic (exact) mass is 344 g/mol. The molecule has 0 amide bonds. The summed E-state index contributed by atoms with van der Waals surface area (Å²) in [6.45, 7) is 0. The average Bonchev–Trinajstić information content (AvgIpc) is 2.63. The standard InChI is InChI=1S/C18H8O4Si2/c19-15-9-5-1-3-7-11(9)17(21-23)14-13(15)18(22-24)12-8-4-2-6-10(12)16(14)20/h1-8H. The summed E-state index contributed by atoms with van der Waals surface area (Å²) in [5, 5.41) is 0. The molecule has 0 N–H and O–H groups in total. The molecule has 2 aliphatic carbocycles. The quantitative estimate of drug-likeness (QED) is 0.785. The highest BCUT2D eigenvalue weighted by atomic mass is 28.2. The first-order valence-corrected chi connectivity index (χ1v) is 7.95. The zero-order valence-electron chi connectivity index (χ0n) is 12.3. The number of carbonyl (C=O) groups is 2. The first kappa shape index (κ1) is 14.9. The van der Waals surface area contributed by atoms with E-state index in [1.54, 1.807) is 48.5 Å². The normalized spacial score (nSPS) is 15.8. The van der Waals surface area contributed by atoms with Crippen LogP contribution in [-0.2, 0) is 8.85 Å². The van der Waals surface area contributed by atoms with Gasteiger partial charge in [0.15, 0.2) is 11.6 Å². The first-order valence-electron chi connectivity index (χ1n) is 7.13. The molecule has 2 aromatic rings. The minimum Gasteiger partial charge on any atom is -0.540 e. The number of rotatable bonds is 2. The van der Waals surface area contributed by atoms with Crippen LogP contribution in [0.4, 0.5) is 0 Å². The lowest BCUT2D eigenvalue weighted by atomic mass is 9.76.